The third-order valence-corrected chi connectivity index (χ3v) is 2.58. The van der Waals surface area contributed by atoms with Gasteiger partial charge in [0.25, 0.3) is 0 Å². The summed E-state index contributed by atoms with van der Waals surface area (Å²) in [6, 6.07) is 6.40. The fourth-order valence-electron chi connectivity index (χ4n) is 1.96. The predicted molar refractivity (Wildman–Crippen MR) is 53.1 cm³/mol. The molecule has 0 radical (unpaired) electrons. The van der Waals surface area contributed by atoms with Gasteiger partial charge in [0.05, 0.1) is 0 Å². The van der Waals surface area contributed by atoms with Crippen LogP contribution in [-0.4, -0.2) is 6.54 Å². The molecule has 1 aliphatic rings. The molecule has 66 valence electrons. The van der Waals surface area contributed by atoms with Gasteiger partial charge >= 0.3 is 0 Å². The molecule has 0 bridgehead atoms. The highest BCUT2D eigenvalue weighted by Crippen LogP contribution is 2.29. The Balaban J connectivity index is 2.35. The van der Waals surface area contributed by atoms with Crippen LogP contribution >= 0.6 is 0 Å². The number of hydrogen-bond donors (Lipinski definition) is 1. The van der Waals surface area contributed by atoms with Crippen molar-refractivity contribution in [2.24, 2.45) is 0 Å². The summed E-state index contributed by atoms with van der Waals surface area (Å²) in [7, 11) is 0. The van der Waals surface area contributed by atoms with Gasteiger partial charge in [-0.1, -0.05) is 0 Å². The van der Waals surface area contributed by atoms with E-state index >= 15 is 0 Å². The smallest absolute Gasteiger partial charge is 0.134 e. The summed E-state index contributed by atoms with van der Waals surface area (Å²) in [5.74, 6) is 0.985. The van der Waals surface area contributed by atoms with Gasteiger partial charge in [-0.25, -0.2) is 0 Å². The SMILES string of the molecule is Cc1cc2cc3c(cc2o1)CCN3. The molecule has 3 rings (SSSR count). The maximum Gasteiger partial charge on any atom is 0.134 e. The van der Waals surface area contributed by atoms with Gasteiger partial charge in [0.1, 0.15) is 11.3 Å². The maximum atomic E-state index is 5.57. The molecule has 2 aromatic rings. The summed E-state index contributed by atoms with van der Waals surface area (Å²) < 4.78 is 5.57. The molecule has 2 nitrogen and oxygen atoms in total. The van der Waals surface area contributed by atoms with Crippen LogP contribution in [-0.2, 0) is 6.42 Å². The van der Waals surface area contributed by atoms with Gasteiger partial charge in [0.2, 0.25) is 0 Å². The topological polar surface area (TPSA) is 25.2 Å². The lowest BCUT2D eigenvalue weighted by molar-refractivity contribution is 0.578. The van der Waals surface area contributed by atoms with Crippen LogP contribution in [0.25, 0.3) is 11.0 Å². The van der Waals surface area contributed by atoms with E-state index in [1.807, 2.05) is 6.92 Å². The van der Waals surface area contributed by atoms with Crippen molar-refractivity contribution in [2.75, 3.05) is 11.9 Å². The molecule has 0 saturated carbocycles. The van der Waals surface area contributed by atoms with Crippen LogP contribution in [0.1, 0.15) is 11.3 Å². The van der Waals surface area contributed by atoms with Gasteiger partial charge in [-0.05, 0) is 37.1 Å². The summed E-state index contributed by atoms with van der Waals surface area (Å²) in [4.78, 5) is 0. The molecule has 0 atom stereocenters. The Bertz CT molecular complexity index is 429. The van der Waals surface area contributed by atoms with E-state index in [9.17, 15) is 0 Å². The van der Waals surface area contributed by atoms with E-state index in [4.69, 9.17) is 4.42 Å². The first-order chi connectivity index (χ1) is 6.33. The second-order valence-corrected chi connectivity index (χ2v) is 3.58. The van der Waals surface area contributed by atoms with E-state index in [0.29, 0.717) is 0 Å². The van der Waals surface area contributed by atoms with Gasteiger partial charge in [-0.15, -0.1) is 0 Å². The van der Waals surface area contributed by atoms with Crippen molar-refractivity contribution in [3.05, 3.63) is 29.5 Å². The predicted octanol–water partition coefficient (Wildman–Crippen LogP) is 2.71. The van der Waals surface area contributed by atoms with Crippen molar-refractivity contribution in [2.45, 2.75) is 13.3 Å². The van der Waals surface area contributed by atoms with Gasteiger partial charge in [-0.3, -0.25) is 0 Å². The van der Waals surface area contributed by atoms with Crippen molar-refractivity contribution in [1.29, 1.82) is 0 Å². The lowest BCUT2D eigenvalue weighted by Gasteiger charge is -1.97. The molecular formula is C11H11NO. The number of anilines is 1. The lowest BCUT2D eigenvalue weighted by atomic mass is 10.1. The summed E-state index contributed by atoms with van der Waals surface area (Å²) in [5, 5.41) is 4.56. The normalized spacial score (nSPS) is 14.5. The first-order valence-electron chi connectivity index (χ1n) is 4.60. The Labute approximate surface area is 76.5 Å². The molecule has 0 saturated heterocycles. The van der Waals surface area contributed by atoms with Crippen LogP contribution in [0, 0.1) is 6.92 Å². The van der Waals surface area contributed by atoms with Crippen LogP contribution in [0.2, 0.25) is 0 Å². The van der Waals surface area contributed by atoms with E-state index in [2.05, 4.69) is 23.5 Å². The molecule has 0 spiro atoms. The number of nitrogens with one attached hydrogen (secondary N) is 1. The number of hydrogen-bond acceptors (Lipinski definition) is 2. The van der Waals surface area contributed by atoms with Crippen LogP contribution in [0.3, 0.4) is 0 Å². The zero-order valence-electron chi connectivity index (χ0n) is 7.55. The summed E-state index contributed by atoms with van der Waals surface area (Å²) in [6.45, 7) is 3.04. The van der Waals surface area contributed by atoms with Crippen molar-refractivity contribution in [1.82, 2.24) is 0 Å². The second kappa shape index (κ2) is 2.28. The molecule has 2 heteroatoms. The van der Waals surface area contributed by atoms with Gasteiger partial charge in [0.15, 0.2) is 0 Å². The van der Waals surface area contributed by atoms with E-state index in [1.165, 1.54) is 16.6 Å². The van der Waals surface area contributed by atoms with Gasteiger partial charge < -0.3 is 9.73 Å². The first kappa shape index (κ1) is 7.01. The molecule has 1 N–H and O–H groups in total. The quantitative estimate of drug-likeness (QED) is 0.662. The minimum atomic E-state index is 0.985. The molecule has 1 aromatic carbocycles. The van der Waals surface area contributed by atoms with Crippen molar-refractivity contribution in [3.63, 3.8) is 0 Å². The van der Waals surface area contributed by atoms with Crippen LogP contribution in [0.15, 0.2) is 22.6 Å². The van der Waals surface area contributed by atoms with Crippen molar-refractivity contribution >= 4 is 16.7 Å². The molecule has 1 aliphatic heterocycles. The molecule has 2 heterocycles. The lowest BCUT2D eigenvalue weighted by Crippen LogP contribution is -1.90. The Morgan fingerprint density at radius 2 is 2.23 bits per heavy atom. The highest BCUT2D eigenvalue weighted by atomic mass is 16.3. The Morgan fingerprint density at radius 1 is 1.31 bits per heavy atom. The molecule has 0 unspecified atom stereocenters. The molecular weight excluding hydrogens is 162 g/mol. The fraction of sp³-hybridized carbons (Fsp3) is 0.273. The third-order valence-electron chi connectivity index (χ3n) is 2.58. The number of aryl methyl sites for hydroxylation is 1. The van der Waals surface area contributed by atoms with Crippen LogP contribution < -0.4 is 5.32 Å². The highest BCUT2D eigenvalue weighted by molar-refractivity contribution is 5.84. The summed E-state index contributed by atoms with van der Waals surface area (Å²) in [5.41, 5.74) is 3.66. The molecule has 0 amide bonds. The van der Waals surface area contributed by atoms with E-state index in [1.54, 1.807) is 0 Å². The number of fused-ring (bicyclic) bond motifs is 2. The Hall–Kier alpha value is -1.44. The standard InChI is InChI=1S/C11H11NO/c1-7-4-9-5-10-8(2-3-12-10)6-11(9)13-7/h4-6,12H,2-3H2,1H3. The van der Waals surface area contributed by atoms with Crippen LogP contribution in [0.5, 0.6) is 0 Å². The number of rotatable bonds is 0. The Morgan fingerprint density at radius 3 is 3.15 bits per heavy atom. The van der Waals surface area contributed by atoms with Crippen molar-refractivity contribution in [3.8, 4) is 0 Å². The molecule has 1 aromatic heterocycles. The number of benzene rings is 1. The summed E-state index contributed by atoms with van der Waals surface area (Å²) >= 11 is 0. The minimum absolute atomic E-state index is 0.985. The second-order valence-electron chi connectivity index (χ2n) is 3.58. The largest absolute Gasteiger partial charge is 0.461 e. The fourth-order valence-corrected chi connectivity index (χ4v) is 1.96. The molecule has 0 aliphatic carbocycles. The molecule has 13 heavy (non-hydrogen) atoms. The average molecular weight is 173 g/mol. The first-order valence-corrected chi connectivity index (χ1v) is 4.60. The summed E-state index contributed by atoms with van der Waals surface area (Å²) in [6.07, 6.45) is 1.12. The van der Waals surface area contributed by atoms with Crippen LogP contribution in [0.4, 0.5) is 5.69 Å². The Kier molecular flexibility index (Phi) is 1.23. The van der Waals surface area contributed by atoms with Gasteiger partial charge in [-0.2, -0.15) is 0 Å². The molecule has 0 fully saturated rings. The number of furan rings is 1. The highest BCUT2D eigenvalue weighted by Gasteiger charge is 2.12. The maximum absolute atomic E-state index is 5.57. The zero-order valence-corrected chi connectivity index (χ0v) is 7.55. The average Bonchev–Trinajstić information content (AvgIpc) is 2.63. The van der Waals surface area contributed by atoms with E-state index < -0.39 is 0 Å². The van der Waals surface area contributed by atoms with Gasteiger partial charge in [0, 0.05) is 17.6 Å². The third kappa shape index (κ3) is 0.949. The van der Waals surface area contributed by atoms with Crippen molar-refractivity contribution < 1.29 is 4.42 Å². The minimum Gasteiger partial charge on any atom is -0.461 e. The zero-order chi connectivity index (χ0) is 8.84. The monoisotopic (exact) mass is 173 g/mol. The van der Waals surface area contributed by atoms with E-state index in [-0.39, 0.29) is 0 Å². The van der Waals surface area contributed by atoms with E-state index in [0.717, 1.165) is 24.3 Å².